The number of fused-ring (bicyclic) bond motifs is 1. The Morgan fingerprint density at radius 2 is 1.97 bits per heavy atom. The third kappa shape index (κ3) is 4.23. The Bertz CT molecular complexity index is 1020. The van der Waals surface area contributed by atoms with Crippen LogP contribution in [-0.4, -0.2) is 74.3 Å². The lowest BCUT2D eigenvalue weighted by atomic mass is 9.93. The Morgan fingerprint density at radius 1 is 1.19 bits per heavy atom. The lowest BCUT2D eigenvalue weighted by Gasteiger charge is -2.39. The predicted molar refractivity (Wildman–Crippen MR) is 119 cm³/mol. The molecule has 32 heavy (non-hydrogen) atoms. The monoisotopic (exact) mass is 440 g/mol. The topological polar surface area (TPSA) is 96.4 Å². The summed E-state index contributed by atoms with van der Waals surface area (Å²) < 4.78 is 7.23. The van der Waals surface area contributed by atoms with Gasteiger partial charge in [0.05, 0.1) is 29.6 Å². The van der Waals surface area contributed by atoms with Gasteiger partial charge in [-0.2, -0.15) is 5.10 Å². The maximum absolute atomic E-state index is 12.9. The molecule has 0 radical (unpaired) electrons. The van der Waals surface area contributed by atoms with Crippen LogP contribution in [0.3, 0.4) is 0 Å². The summed E-state index contributed by atoms with van der Waals surface area (Å²) in [6, 6.07) is 0.633. The van der Waals surface area contributed by atoms with E-state index in [-0.39, 0.29) is 11.5 Å². The van der Waals surface area contributed by atoms with Crippen LogP contribution in [0.1, 0.15) is 66.0 Å². The molecule has 5 heterocycles. The van der Waals surface area contributed by atoms with Crippen LogP contribution in [0.5, 0.6) is 0 Å². The maximum atomic E-state index is 12.9. The zero-order chi connectivity index (χ0) is 22.1. The number of hydrogen-bond donors (Lipinski definition) is 1. The number of H-pyrrole nitrogens is 1. The summed E-state index contributed by atoms with van der Waals surface area (Å²) >= 11 is 0. The van der Waals surface area contributed by atoms with Crippen LogP contribution in [0.15, 0.2) is 17.2 Å². The normalized spacial score (nSPS) is 21.0. The first-order chi connectivity index (χ1) is 15.6. The van der Waals surface area contributed by atoms with E-state index < -0.39 is 0 Å². The van der Waals surface area contributed by atoms with Crippen LogP contribution in [0.2, 0.25) is 0 Å². The van der Waals surface area contributed by atoms with Crippen LogP contribution in [0.4, 0.5) is 0 Å². The van der Waals surface area contributed by atoms with Crippen molar-refractivity contribution in [2.75, 3.05) is 32.8 Å². The summed E-state index contributed by atoms with van der Waals surface area (Å²) in [7, 11) is 0. The van der Waals surface area contributed by atoms with Crippen LogP contribution >= 0.6 is 0 Å². The second-order valence-corrected chi connectivity index (χ2v) is 9.09. The quantitative estimate of drug-likeness (QED) is 0.775. The van der Waals surface area contributed by atoms with Crippen LogP contribution in [0, 0.1) is 0 Å². The molecule has 172 valence electrons. The van der Waals surface area contributed by atoms with E-state index in [0.717, 1.165) is 70.0 Å². The Kier molecular flexibility index (Phi) is 6.10. The highest BCUT2D eigenvalue weighted by Crippen LogP contribution is 2.29. The molecule has 0 saturated carbocycles. The third-order valence-corrected chi connectivity index (χ3v) is 7.20. The van der Waals surface area contributed by atoms with Gasteiger partial charge in [0.2, 0.25) is 0 Å². The Labute approximate surface area is 187 Å². The van der Waals surface area contributed by atoms with Crippen LogP contribution in [0.25, 0.3) is 0 Å². The van der Waals surface area contributed by atoms with Crippen molar-refractivity contribution in [2.24, 2.45) is 0 Å². The van der Waals surface area contributed by atoms with Crippen molar-refractivity contribution in [3.05, 3.63) is 45.4 Å². The summed E-state index contributed by atoms with van der Waals surface area (Å²) in [6.45, 7) is 7.40. The molecule has 0 atom stereocenters. The average Bonchev–Trinajstić information content (AvgIpc) is 3.33. The van der Waals surface area contributed by atoms with Gasteiger partial charge in [-0.05, 0) is 45.7 Å². The molecule has 2 aromatic rings. The molecule has 2 saturated heterocycles. The number of aromatic nitrogens is 4. The number of rotatable bonds is 4. The molecule has 0 unspecified atom stereocenters. The first-order valence-electron chi connectivity index (χ1n) is 11.9. The van der Waals surface area contributed by atoms with E-state index in [0.29, 0.717) is 42.6 Å². The molecular weight excluding hydrogens is 408 g/mol. The number of carbonyl (C=O) groups is 1. The molecule has 2 aromatic heterocycles. The fraction of sp³-hybridized carbons (Fsp3) is 0.652. The molecule has 3 aliphatic heterocycles. The van der Waals surface area contributed by atoms with Crippen molar-refractivity contribution in [3.63, 3.8) is 0 Å². The van der Waals surface area contributed by atoms with Crippen molar-refractivity contribution < 1.29 is 9.53 Å². The van der Waals surface area contributed by atoms with E-state index in [2.05, 4.69) is 15.0 Å². The number of nitrogens with zero attached hydrogens (tertiary/aromatic N) is 5. The van der Waals surface area contributed by atoms with Gasteiger partial charge in [-0.3, -0.25) is 14.3 Å². The lowest BCUT2D eigenvalue weighted by molar-refractivity contribution is 0.0248. The number of piperidine rings is 1. The van der Waals surface area contributed by atoms with E-state index in [1.165, 1.54) is 0 Å². The maximum Gasteiger partial charge on any atom is 0.257 e. The SMILES string of the molecule is CCn1cc(C(=O)N2CCc3nc(C4CCN(C5CCOCC5)CC4)[nH]c(=O)c3C2)cn1. The van der Waals surface area contributed by atoms with Crippen molar-refractivity contribution in [3.8, 4) is 0 Å². The first-order valence-corrected chi connectivity index (χ1v) is 11.9. The van der Waals surface area contributed by atoms with Crippen molar-refractivity contribution >= 4 is 5.91 Å². The fourth-order valence-corrected chi connectivity index (χ4v) is 5.23. The highest BCUT2D eigenvalue weighted by Gasteiger charge is 2.30. The van der Waals surface area contributed by atoms with E-state index in [4.69, 9.17) is 9.72 Å². The van der Waals surface area contributed by atoms with Gasteiger partial charge in [-0.15, -0.1) is 0 Å². The highest BCUT2D eigenvalue weighted by atomic mass is 16.5. The Morgan fingerprint density at radius 3 is 2.69 bits per heavy atom. The molecule has 9 heteroatoms. The zero-order valence-electron chi connectivity index (χ0n) is 18.8. The average molecular weight is 441 g/mol. The molecule has 3 aliphatic rings. The first kappa shape index (κ1) is 21.3. The minimum absolute atomic E-state index is 0.0840. The summed E-state index contributed by atoms with van der Waals surface area (Å²) in [5.74, 6) is 1.03. The van der Waals surface area contributed by atoms with Gasteiger partial charge in [0, 0.05) is 50.9 Å². The highest BCUT2D eigenvalue weighted by molar-refractivity contribution is 5.93. The largest absolute Gasteiger partial charge is 0.381 e. The summed E-state index contributed by atoms with van der Waals surface area (Å²) in [4.78, 5) is 38.0. The number of aromatic amines is 1. The van der Waals surface area contributed by atoms with Crippen LogP contribution in [-0.2, 0) is 24.2 Å². The van der Waals surface area contributed by atoms with Gasteiger partial charge >= 0.3 is 0 Å². The van der Waals surface area contributed by atoms with Gasteiger partial charge in [-0.1, -0.05) is 0 Å². The summed E-state index contributed by atoms with van der Waals surface area (Å²) in [6.07, 6.45) is 8.24. The number of aryl methyl sites for hydroxylation is 1. The molecule has 1 N–H and O–H groups in total. The Hall–Kier alpha value is -2.52. The van der Waals surface area contributed by atoms with Gasteiger partial charge in [0.1, 0.15) is 5.82 Å². The number of amides is 1. The molecule has 2 fully saturated rings. The van der Waals surface area contributed by atoms with E-state index in [1.54, 1.807) is 22.0 Å². The van der Waals surface area contributed by atoms with Crippen molar-refractivity contribution in [1.82, 2.24) is 29.5 Å². The minimum atomic E-state index is -0.0985. The third-order valence-electron chi connectivity index (χ3n) is 7.20. The fourth-order valence-electron chi connectivity index (χ4n) is 5.23. The molecule has 9 nitrogen and oxygen atoms in total. The lowest BCUT2D eigenvalue weighted by Crippen LogP contribution is -2.44. The van der Waals surface area contributed by atoms with Gasteiger partial charge in [0.15, 0.2) is 0 Å². The summed E-state index contributed by atoms with van der Waals surface area (Å²) in [5, 5.41) is 4.19. The number of carbonyl (C=O) groups excluding carboxylic acids is 1. The van der Waals surface area contributed by atoms with Crippen LogP contribution < -0.4 is 5.56 Å². The predicted octanol–water partition coefficient (Wildman–Crippen LogP) is 1.54. The molecular formula is C23H32N6O3. The second kappa shape index (κ2) is 9.15. The van der Waals surface area contributed by atoms with E-state index in [1.807, 2.05) is 6.92 Å². The van der Waals surface area contributed by atoms with Gasteiger partial charge in [0.25, 0.3) is 11.5 Å². The van der Waals surface area contributed by atoms with E-state index in [9.17, 15) is 9.59 Å². The molecule has 0 aliphatic carbocycles. The zero-order valence-corrected chi connectivity index (χ0v) is 18.8. The summed E-state index contributed by atoms with van der Waals surface area (Å²) in [5.41, 5.74) is 1.94. The molecule has 0 spiro atoms. The number of nitrogens with one attached hydrogen (secondary N) is 1. The number of hydrogen-bond acceptors (Lipinski definition) is 6. The molecule has 5 rings (SSSR count). The smallest absolute Gasteiger partial charge is 0.257 e. The number of likely N-dealkylation sites (tertiary alicyclic amines) is 1. The molecule has 0 aromatic carbocycles. The standard InChI is InChI=1S/C23H32N6O3/c1-2-29-14-17(13-24-29)23(31)28-10-5-20-19(15-28)22(30)26-21(25-20)16-3-8-27(9-4-16)18-6-11-32-12-7-18/h13-14,16,18H,2-12,15H2,1H3,(H,25,26,30). The number of ether oxygens (including phenoxy) is 1. The van der Waals surface area contributed by atoms with Gasteiger partial charge < -0.3 is 19.5 Å². The van der Waals surface area contributed by atoms with E-state index >= 15 is 0 Å². The van der Waals surface area contributed by atoms with Crippen molar-refractivity contribution in [2.45, 2.75) is 64.1 Å². The Balaban J connectivity index is 1.25. The second-order valence-electron chi connectivity index (χ2n) is 9.09. The van der Waals surface area contributed by atoms with Crippen molar-refractivity contribution in [1.29, 1.82) is 0 Å². The minimum Gasteiger partial charge on any atom is -0.381 e. The molecule has 1 amide bonds. The van der Waals surface area contributed by atoms with Gasteiger partial charge in [-0.25, -0.2) is 4.98 Å². The molecule has 0 bridgehead atoms.